The Kier molecular flexibility index (Phi) is 6.24. The van der Waals surface area contributed by atoms with Gasteiger partial charge in [0.25, 0.3) is 10.0 Å². The zero-order chi connectivity index (χ0) is 13.6. The maximum atomic E-state index is 12.3. The van der Waals surface area contributed by atoms with Crippen LogP contribution in [0.4, 0.5) is 0 Å². The van der Waals surface area contributed by atoms with Crippen LogP contribution in [0.2, 0.25) is 0 Å². The molecule has 0 bridgehead atoms. The van der Waals surface area contributed by atoms with Gasteiger partial charge in [-0.1, -0.05) is 6.92 Å². The maximum Gasteiger partial charge on any atom is 0.252 e. The molecule has 0 radical (unpaired) electrons. The average Bonchev–Trinajstić information content (AvgIpc) is 2.83. The molecule has 104 valence electrons. The number of hydrogen-bond acceptors (Lipinski definition) is 5. The van der Waals surface area contributed by atoms with Crippen molar-refractivity contribution < 1.29 is 18.3 Å². The van der Waals surface area contributed by atoms with Crippen LogP contribution in [0.5, 0.6) is 0 Å². The summed E-state index contributed by atoms with van der Waals surface area (Å²) < 4.78 is 31.4. The third-order valence-electron chi connectivity index (χ3n) is 2.45. The summed E-state index contributed by atoms with van der Waals surface area (Å²) in [5.41, 5.74) is 0.624. The van der Waals surface area contributed by atoms with Crippen molar-refractivity contribution in [3.8, 4) is 0 Å². The maximum absolute atomic E-state index is 12.3. The highest BCUT2D eigenvalue weighted by molar-refractivity contribution is 7.91. The highest BCUT2D eigenvalue weighted by Gasteiger charge is 2.24. The number of thiophene rings is 1. The van der Waals surface area contributed by atoms with Crippen LogP contribution in [-0.2, 0) is 21.4 Å². The van der Waals surface area contributed by atoms with Gasteiger partial charge in [-0.2, -0.15) is 4.31 Å². The lowest BCUT2D eigenvalue weighted by Crippen LogP contribution is -2.33. The Bertz CT molecular complexity index is 455. The van der Waals surface area contributed by atoms with Crippen LogP contribution >= 0.6 is 11.3 Å². The molecular weight excluding hydrogens is 274 g/mol. The number of nitrogens with zero attached hydrogens (tertiary/aromatic N) is 1. The number of ether oxygens (including phenoxy) is 1. The summed E-state index contributed by atoms with van der Waals surface area (Å²) in [4.78, 5) is 0. The average molecular weight is 293 g/mol. The van der Waals surface area contributed by atoms with Crippen molar-refractivity contribution in [2.45, 2.75) is 24.7 Å². The highest BCUT2D eigenvalue weighted by Crippen LogP contribution is 2.23. The van der Waals surface area contributed by atoms with Gasteiger partial charge < -0.3 is 9.84 Å². The topological polar surface area (TPSA) is 66.8 Å². The van der Waals surface area contributed by atoms with Crippen LogP contribution in [0.3, 0.4) is 0 Å². The molecule has 0 amide bonds. The van der Waals surface area contributed by atoms with Crippen molar-refractivity contribution in [3.63, 3.8) is 0 Å². The Morgan fingerprint density at radius 3 is 2.67 bits per heavy atom. The van der Waals surface area contributed by atoms with Gasteiger partial charge in [-0.05, 0) is 23.9 Å². The molecule has 18 heavy (non-hydrogen) atoms. The van der Waals surface area contributed by atoms with Crippen LogP contribution in [0.15, 0.2) is 15.7 Å². The number of hydrogen-bond donors (Lipinski definition) is 1. The zero-order valence-electron chi connectivity index (χ0n) is 10.6. The third-order valence-corrected chi connectivity index (χ3v) is 5.89. The van der Waals surface area contributed by atoms with Gasteiger partial charge in [0.2, 0.25) is 0 Å². The monoisotopic (exact) mass is 293 g/mol. The first-order chi connectivity index (χ1) is 8.56. The number of likely N-dealkylation sites (N-methyl/N-ethyl adjacent to an activating group) is 1. The van der Waals surface area contributed by atoms with E-state index < -0.39 is 10.0 Å². The van der Waals surface area contributed by atoms with E-state index in [0.717, 1.165) is 11.3 Å². The largest absolute Gasteiger partial charge is 0.392 e. The summed E-state index contributed by atoms with van der Waals surface area (Å²) in [5.74, 6) is 0. The molecule has 0 saturated carbocycles. The van der Waals surface area contributed by atoms with Gasteiger partial charge in [0.1, 0.15) is 4.21 Å². The van der Waals surface area contributed by atoms with Crippen LogP contribution in [0, 0.1) is 0 Å². The molecule has 0 fully saturated rings. The molecule has 1 aromatic heterocycles. The summed E-state index contributed by atoms with van der Waals surface area (Å²) in [6, 6.07) is 1.52. The standard InChI is InChI=1S/C11H19NO4S2/c1-3-12(5-6-16-4-2)18(14,15)11-7-10(8-13)9-17-11/h7,9,13H,3-6,8H2,1-2H3. The van der Waals surface area contributed by atoms with E-state index in [1.165, 1.54) is 10.4 Å². The van der Waals surface area contributed by atoms with Gasteiger partial charge >= 0.3 is 0 Å². The predicted molar refractivity (Wildman–Crippen MR) is 71.2 cm³/mol. The molecule has 0 saturated heterocycles. The molecule has 7 heteroatoms. The summed E-state index contributed by atoms with van der Waals surface area (Å²) in [5, 5.41) is 10.6. The van der Waals surface area contributed by atoms with Crippen LogP contribution in [-0.4, -0.2) is 44.1 Å². The molecule has 0 aliphatic rings. The van der Waals surface area contributed by atoms with Crippen LogP contribution in [0.1, 0.15) is 19.4 Å². The van der Waals surface area contributed by atoms with E-state index in [0.29, 0.717) is 31.9 Å². The van der Waals surface area contributed by atoms with Crippen molar-refractivity contribution in [1.82, 2.24) is 4.31 Å². The van der Waals surface area contributed by atoms with Gasteiger partial charge in [0.15, 0.2) is 0 Å². The van der Waals surface area contributed by atoms with E-state index in [1.54, 1.807) is 12.3 Å². The SMILES string of the molecule is CCOCCN(CC)S(=O)(=O)c1cc(CO)cs1. The Labute approximate surface area is 112 Å². The quantitative estimate of drug-likeness (QED) is 0.733. The van der Waals surface area contributed by atoms with Crippen molar-refractivity contribution in [1.29, 1.82) is 0 Å². The van der Waals surface area contributed by atoms with Gasteiger partial charge in [-0.3, -0.25) is 0 Å². The second-order valence-electron chi connectivity index (χ2n) is 3.63. The summed E-state index contributed by atoms with van der Waals surface area (Å²) in [6.07, 6.45) is 0. The number of aliphatic hydroxyl groups excluding tert-OH is 1. The minimum Gasteiger partial charge on any atom is -0.392 e. The summed E-state index contributed by atoms with van der Waals surface area (Å²) >= 11 is 1.13. The van der Waals surface area contributed by atoms with Crippen molar-refractivity contribution in [3.05, 3.63) is 17.0 Å². The molecule has 0 aliphatic carbocycles. The van der Waals surface area contributed by atoms with E-state index in [4.69, 9.17) is 9.84 Å². The molecule has 0 unspecified atom stereocenters. The van der Waals surface area contributed by atoms with E-state index >= 15 is 0 Å². The first kappa shape index (κ1) is 15.6. The molecule has 0 aromatic carbocycles. The minimum absolute atomic E-state index is 0.142. The molecule has 5 nitrogen and oxygen atoms in total. The molecule has 1 aromatic rings. The van der Waals surface area contributed by atoms with Crippen molar-refractivity contribution >= 4 is 21.4 Å². The van der Waals surface area contributed by atoms with E-state index in [2.05, 4.69) is 0 Å². The first-order valence-electron chi connectivity index (χ1n) is 5.82. The molecule has 1 N–H and O–H groups in total. The van der Waals surface area contributed by atoms with Gasteiger partial charge in [-0.25, -0.2) is 8.42 Å². The summed E-state index contributed by atoms with van der Waals surface area (Å²) in [7, 11) is -3.46. The van der Waals surface area contributed by atoms with Gasteiger partial charge in [0, 0.05) is 19.7 Å². The van der Waals surface area contributed by atoms with Crippen LogP contribution < -0.4 is 0 Å². The highest BCUT2D eigenvalue weighted by atomic mass is 32.2. The Morgan fingerprint density at radius 2 is 2.17 bits per heavy atom. The van der Waals surface area contributed by atoms with Crippen LogP contribution in [0.25, 0.3) is 0 Å². The first-order valence-corrected chi connectivity index (χ1v) is 8.14. The molecule has 0 aliphatic heterocycles. The molecular formula is C11H19NO4S2. The second kappa shape index (κ2) is 7.20. The van der Waals surface area contributed by atoms with Crippen molar-refractivity contribution in [2.75, 3.05) is 26.3 Å². The predicted octanol–water partition coefficient (Wildman–Crippen LogP) is 1.29. The molecule has 1 rings (SSSR count). The smallest absolute Gasteiger partial charge is 0.252 e. The summed E-state index contributed by atoms with van der Waals surface area (Å²) in [6.45, 7) is 5.24. The van der Waals surface area contributed by atoms with Gasteiger partial charge in [0.05, 0.1) is 13.2 Å². The second-order valence-corrected chi connectivity index (χ2v) is 6.70. The molecule has 0 spiro atoms. The molecule has 0 atom stereocenters. The van der Waals surface area contributed by atoms with Crippen molar-refractivity contribution in [2.24, 2.45) is 0 Å². The lowest BCUT2D eigenvalue weighted by atomic mass is 10.4. The fourth-order valence-corrected chi connectivity index (χ4v) is 4.24. The zero-order valence-corrected chi connectivity index (χ0v) is 12.3. The Balaban J connectivity index is 2.82. The van der Waals surface area contributed by atoms with E-state index in [-0.39, 0.29) is 10.8 Å². The Morgan fingerprint density at radius 1 is 1.44 bits per heavy atom. The Hall–Kier alpha value is -0.470. The normalized spacial score (nSPS) is 12.2. The van der Waals surface area contributed by atoms with E-state index in [9.17, 15) is 8.42 Å². The fourth-order valence-electron chi connectivity index (χ4n) is 1.46. The minimum atomic E-state index is -3.46. The number of rotatable bonds is 8. The number of aliphatic hydroxyl groups is 1. The molecule has 1 heterocycles. The third kappa shape index (κ3) is 3.76. The number of sulfonamides is 1. The van der Waals surface area contributed by atoms with Gasteiger partial charge in [-0.15, -0.1) is 11.3 Å². The lowest BCUT2D eigenvalue weighted by Gasteiger charge is -2.19. The fraction of sp³-hybridized carbons (Fsp3) is 0.636. The van der Waals surface area contributed by atoms with E-state index in [1.807, 2.05) is 6.92 Å². The lowest BCUT2D eigenvalue weighted by molar-refractivity contribution is 0.135.